The highest BCUT2D eigenvalue weighted by atomic mass is 32.2. The molecule has 4 rings (SSSR count). The fourth-order valence-electron chi connectivity index (χ4n) is 3.49. The number of hydrogen-bond acceptors (Lipinski definition) is 5. The van der Waals surface area contributed by atoms with Crippen LogP contribution in [0.15, 0.2) is 47.4 Å². The van der Waals surface area contributed by atoms with E-state index in [1.165, 1.54) is 16.4 Å². The van der Waals surface area contributed by atoms with Gasteiger partial charge in [-0.2, -0.15) is 4.31 Å². The number of rotatable bonds is 3. The van der Waals surface area contributed by atoms with Crippen molar-refractivity contribution in [2.24, 2.45) is 0 Å². The summed E-state index contributed by atoms with van der Waals surface area (Å²) in [6, 6.07) is 12.2. The number of aryl methyl sites for hydroxylation is 1. The first-order chi connectivity index (χ1) is 12.4. The predicted octanol–water partition coefficient (Wildman–Crippen LogP) is 2.40. The third-order valence-electron chi connectivity index (χ3n) is 5.01. The highest BCUT2D eigenvalue weighted by molar-refractivity contribution is 7.89. The van der Waals surface area contributed by atoms with Crippen LogP contribution in [0.2, 0.25) is 0 Å². The molecule has 2 aromatic carbocycles. The first-order valence-corrected chi connectivity index (χ1v) is 10.0. The number of piperidine rings is 1. The quantitative estimate of drug-likeness (QED) is 0.892. The van der Waals surface area contributed by atoms with Gasteiger partial charge in [0.1, 0.15) is 5.60 Å². The van der Waals surface area contributed by atoms with Crippen molar-refractivity contribution < 1.29 is 23.0 Å². The average molecular weight is 375 g/mol. The number of sulfonamides is 1. The van der Waals surface area contributed by atoms with Gasteiger partial charge in [-0.3, -0.25) is 0 Å². The topological polar surface area (TPSA) is 76.1 Å². The lowest BCUT2D eigenvalue weighted by Gasteiger charge is -2.38. The molecule has 2 aromatic rings. The van der Waals surface area contributed by atoms with Gasteiger partial charge in [0.2, 0.25) is 16.8 Å². The molecule has 2 heterocycles. The summed E-state index contributed by atoms with van der Waals surface area (Å²) in [5, 5.41) is 11.1. The molecule has 0 bridgehead atoms. The van der Waals surface area contributed by atoms with Crippen LogP contribution in [0.25, 0.3) is 0 Å². The maximum absolute atomic E-state index is 13.1. The van der Waals surface area contributed by atoms with E-state index in [4.69, 9.17) is 9.47 Å². The Morgan fingerprint density at radius 3 is 2.58 bits per heavy atom. The van der Waals surface area contributed by atoms with Gasteiger partial charge in [-0.1, -0.05) is 29.8 Å². The third kappa shape index (κ3) is 2.96. The second-order valence-corrected chi connectivity index (χ2v) is 8.79. The van der Waals surface area contributed by atoms with Gasteiger partial charge in [0.05, 0.1) is 4.90 Å². The van der Waals surface area contributed by atoms with E-state index in [0.717, 1.165) is 11.1 Å². The number of β-amino-alcohol motifs (C(OH)–C–C–N with tert-alkyl or cyclic N) is 1. The van der Waals surface area contributed by atoms with Gasteiger partial charge in [-0.15, -0.1) is 0 Å². The van der Waals surface area contributed by atoms with Crippen molar-refractivity contribution in [1.82, 2.24) is 4.31 Å². The van der Waals surface area contributed by atoms with Crippen LogP contribution in [0.5, 0.6) is 11.5 Å². The Kier molecular flexibility index (Phi) is 4.17. The number of nitrogens with zero attached hydrogens (tertiary/aromatic N) is 1. The molecule has 0 unspecified atom stereocenters. The highest BCUT2D eigenvalue weighted by Crippen LogP contribution is 2.37. The first-order valence-electron chi connectivity index (χ1n) is 8.58. The molecule has 138 valence electrons. The van der Waals surface area contributed by atoms with Gasteiger partial charge >= 0.3 is 0 Å². The van der Waals surface area contributed by atoms with Crippen molar-refractivity contribution in [3.8, 4) is 11.5 Å². The zero-order chi connectivity index (χ0) is 18.4. The molecule has 0 aromatic heterocycles. The largest absolute Gasteiger partial charge is 0.454 e. The maximum Gasteiger partial charge on any atom is 0.243 e. The SMILES string of the molecule is Cc1ccc([C@]2(O)CCCN(S(=O)(=O)c3ccc4c(c3)OCO4)C2)cc1. The Bertz CT molecular complexity index is 925. The minimum absolute atomic E-state index is 0.0346. The van der Waals surface area contributed by atoms with Crippen LogP contribution in [0.4, 0.5) is 0 Å². The summed E-state index contributed by atoms with van der Waals surface area (Å²) in [7, 11) is -3.73. The smallest absolute Gasteiger partial charge is 0.243 e. The lowest BCUT2D eigenvalue weighted by atomic mass is 9.86. The normalized spacial score (nSPS) is 23.2. The molecule has 0 amide bonds. The first kappa shape index (κ1) is 17.3. The molecule has 0 radical (unpaired) electrons. The molecule has 6 nitrogen and oxygen atoms in total. The van der Waals surface area contributed by atoms with Crippen molar-refractivity contribution in [1.29, 1.82) is 0 Å². The number of ether oxygens (including phenoxy) is 2. The van der Waals surface area contributed by atoms with Gasteiger partial charge in [-0.05, 0) is 37.5 Å². The van der Waals surface area contributed by atoms with Crippen LogP contribution in [0, 0.1) is 6.92 Å². The summed E-state index contributed by atoms with van der Waals surface area (Å²) < 4.78 is 38.0. The Hall–Kier alpha value is -2.09. The van der Waals surface area contributed by atoms with Crippen molar-refractivity contribution in [2.45, 2.75) is 30.3 Å². The second kappa shape index (κ2) is 6.26. The molecule has 1 saturated heterocycles. The van der Waals surface area contributed by atoms with Gasteiger partial charge in [0, 0.05) is 19.2 Å². The summed E-state index contributed by atoms with van der Waals surface area (Å²) in [4.78, 5) is 0.148. The van der Waals surface area contributed by atoms with Crippen molar-refractivity contribution in [3.05, 3.63) is 53.6 Å². The molecule has 0 saturated carbocycles. The van der Waals surface area contributed by atoms with Crippen LogP contribution in [-0.4, -0.2) is 37.7 Å². The monoisotopic (exact) mass is 375 g/mol. The molecular weight excluding hydrogens is 354 g/mol. The summed E-state index contributed by atoms with van der Waals surface area (Å²) in [5.74, 6) is 0.968. The summed E-state index contributed by atoms with van der Waals surface area (Å²) >= 11 is 0. The number of aliphatic hydroxyl groups is 1. The van der Waals surface area contributed by atoms with E-state index in [1.54, 1.807) is 6.07 Å². The van der Waals surface area contributed by atoms with Crippen molar-refractivity contribution >= 4 is 10.0 Å². The number of benzene rings is 2. The van der Waals surface area contributed by atoms with E-state index in [2.05, 4.69) is 0 Å². The van der Waals surface area contributed by atoms with Crippen LogP contribution >= 0.6 is 0 Å². The van der Waals surface area contributed by atoms with Crippen molar-refractivity contribution in [3.63, 3.8) is 0 Å². The third-order valence-corrected chi connectivity index (χ3v) is 6.85. The summed E-state index contributed by atoms with van der Waals surface area (Å²) in [6.45, 7) is 2.48. The number of fused-ring (bicyclic) bond motifs is 1. The molecule has 2 aliphatic rings. The van der Waals surface area contributed by atoms with Crippen LogP contribution in [0.3, 0.4) is 0 Å². The predicted molar refractivity (Wildman–Crippen MR) is 95.6 cm³/mol. The lowest BCUT2D eigenvalue weighted by molar-refractivity contribution is -0.0124. The maximum atomic E-state index is 13.1. The standard InChI is InChI=1S/C19H21NO5S/c1-14-3-5-15(6-4-14)19(21)9-2-10-20(12-19)26(22,23)16-7-8-17-18(11-16)25-13-24-17/h3-8,11,21H,2,9-10,12-13H2,1H3/t19-/m0/s1. The molecule has 0 aliphatic carbocycles. The van der Waals surface area contributed by atoms with Gasteiger partial charge in [0.25, 0.3) is 0 Å². The van der Waals surface area contributed by atoms with Crippen LogP contribution in [-0.2, 0) is 15.6 Å². The molecule has 26 heavy (non-hydrogen) atoms. The molecule has 1 N–H and O–H groups in total. The Morgan fingerprint density at radius 2 is 1.81 bits per heavy atom. The van der Waals surface area contributed by atoms with Gasteiger partial charge in [0.15, 0.2) is 11.5 Å². The van der Waals surface area contributed by atoms with E-state index in [-0.39, 0.29) is 18.2 Å². The van der Waals surface area contributed by atoms with Crippen LogP contribution in [0.1, 0.15) is 24.0 Å². The Balaban J connectivity index is 1.63. The van der Waals surface area contributed by atoms with Gasteiger partial charge in [-0.25, -0.2) is 8.42 Å². The number of hydrogen-bond donors (Lipinski definition) is 1. The average Bonchev–Trinajstić information content (AvgIpc) is 3.10. The fourth-order valence-corrected chi connectivity index (χ4v) is 5.04. The van der Waals surface area contributed by atoms with Crippen LogP contribution < -0.4 is 9.47 Å². The lowest BCUT2D eigenvalue weighted by Crippen LogP contribution is -2.48. The summed E-state index contributed by atoms with van der Waals surface area (Å²) in [6.07, 6.45) is 1.12. The van der Waals surface area contributed by atoms with Gasteiger partial charge < -0.3 is 14.6 Å². The zero-order valence-electron chi connectivity index (χ0n) is 14.5. The molecule has 1 atom stereocenters. The Labute approximate surface area is 153 Å². The molecular formula is C19H21NO5S. The zero-order valence-corrected chi connectivity index (χ0v) is 15.3. The van der Waals surface area contributed by atoms with E-state index < -0.39 is 15.6 Å². The molecule has 2 aliphatic heterocycles. The molecule has 7 heteroatoms. The molecule has 1 fully saturated rings. The Morgan fingerprint density at radius 1 is 1.08 bits per heavy atom. The fraction of sp³-hybridized carbons (Fsp3) is 0.368. The highest BCUT2D eigenvalue weighted by Gasteiger charge is 2.40. The second-order valence-electron chi connectivity index (χ2n) is 6.85. The van der Waals surface area contributed by atoms with E-state index in [1.807, 2.05) is 31.2 Å². The van der Waals surface area contributed by atoms with Crippen molar-refractivity contribution in [2.75, 3.05) is 19.9 Å². The molecule has 0 spiro atoms. The van der Waals surface area contributed by atoms with E-state index in [9.17, 15) is 13.5 Å². The summed E-state index contributed by atoms with van der Waals surface area (Å²) in [5.41, 5.74) is 0.654. The minimum atomic E-state index is -3.73. The van der Waals surface area contributed by atoms with E-state index in [0.29, 0.717) is 30.9 Å². The minimum Gasteiger partial charge on any atom is -0.454 e. The van der Waals surface area contributed by atoms with E-state index >= 15 is 0 Å².